The molecule has 17 nitrogen and oxygen atoms in total. The number of likely N-dealkylation sites (N-methyl/N-ethyl adjacent to an activating group) is 2. The first-order valence-corrected chi connectivity index (χ1v) is 25.8. The van der Waals surface area contributed by atoms with Crippen LogP contribution >= 0.6 is 0 Å². The number of aryl methyl sites for hydroxylation is 1. The molecule has 72 heavy (non-hydrogen) atoms. The zero-order chi connectivity index (χ0) is 53.0. The van der Waals surface area contributed by atoms with E-state index in [4.69, 9.17) is 33.5 Å². The number of carbonyl (C=O) groups is 1. The van der Waals surface area contributed by atoms with Crippen molar-refractivity contribution < 1.29 is 63.1 Å². The van der Waals surface area contributed by atoms with Crippen molar-refractivity contribution in [1.82, 2.24) is 24.6 Å². The molecular weight excluding hydrogens is 930 g/mol. The van der Waals surface area contributed by atoms with E-state index in [1.54, 1.807) is 72.3 Å². The molecule has 2 aromatic heterocycles. The van der Waals surface area contributed by atoms with E-state index < -0.39 is 102 Å². The van der Waals surface area contributed by atoms with Crippen molar-refractivity contribution >= 4 is 5.97 Å². The number of carbonyl (C=O) groups excluding carboxylic acids is 1. The standard InChI is InChI=1S/C54H84FN5O12/c1-14-42-54(10,66)47(62)35(6)59(12)30-31(2)27-52(8,65)49(33(4)46(34(5)50(64)70-42)71-43-28-53(9,67-13)48(63)36(7)69-43)72-51-45(61)41(26-32(3)68-51)58(11)24-15-25-60-44(38-20-22-56-23-21-38)40(29-57-60)37-16-18-39(55)19-17-37/h16-23,29,31-36,41-43,45-49,51,61-63,65-66H,14-15,24-28,30H2,1-13H3/t31-,32-,33+,34-,35-,36+,41?,42-,43+,45-,46+,47-,48+,49-,51+,52-,53-,54-/m1/s1. The molecule has 5 heterocycles. The van der Waals surface area contributed by atoms with Gasteiger partial charge in [0.25, 0.3) is 0 Å². The number of pyridine rings is 1. The van der Waals surface area contributed by atoms with Crippen LogP contribution in [0.3, 0.4) is 0 Å². The van der Waals surface area contributed by atoms with E-state index in [0.717, 1.165) is 22.4 Å². The van der Waals surface area contributed by atoms with E-state index in [0.29, 0.717) is 32.5 Å². The molecule has 3 aliphatic heterocycles. The highest BCUT2D eigenvalue weighted by Crippen LogP contribution is 2.41. The van der Waals surface area contributed by atoms with Crippen LogP contribution in [0.1, 0.15) is 101 Å². The Hall–Kier alpha value is -3.50. The summed E-state index contributed by atoms with van der Waals surface area (Å²) in [6.45, 7) is 19.1. The van der Waals surface area contributed by atoms with Crippen molar-refractivity contribution in [3.8, 4) is 22.4 Å². The van der Waals surface area contributed by atoms with Crippen LogP contribution in [0.15, 0.2) is 55.0 Å². The van der Waals surface area contributed by atoms with Gasteiger partial charge in [0.1, 0.15) is 35.8 Å². The van der Waals surface area contributed by atoms with Crippen molar-refractivity contribution in [3.63, 3.8) is 0 Å². The Morgan fingerprint density at radius 1 is 0.917 bits per heavy atom. The number of hydrogen-bond acceptors (Lipinski definition) is 16. The minimum absolute atomic E-state index is 0.0957. The number of cyclic esters (lactones) is 1. The lowest BCUT2D eigenvalue weighted by Gasteiger charge is -2.49. The Labute approximate surface area is 425 Å². The third-order valence-corrected chi connectivity index (χ3v) is 15.9. The quantitative estimate of drug-likeness (QED) is 0.135. The summed E-state index contributed by atoms with van der Waals surface area (Å²) in [5.74, 6) is -3.13. The number of benzene rings is 1. The molecule has 1 aromatic carbocycles. The number of esters is 1. The predicted molar refractivity (Wildman–Crippen MR) is 269 cm³/mol. The van der Waals surface area contributed by atoms with Crippen molar-refractivity contribution in [2.24, 2.45) is 17.8 Å². The SMILES string of the molecule is CC[C@H]1OC(=O)[C@H](C)[C@@H](O[C@H]2C[C@@](C)(OC)[C@@H](O)[C@H](C)O2)[C@H](C)[C@@H](O[C@@H]2O[C@H](C)CC(N(C)CCCn3ncc(-c4ccc(F)cc4)c3-c3ccncc3)[C@H]2O)[C@](C)(O)C[C@@H](C)CN(C)[C@H](C)[C@@H](O)[C@]1(C)O. The Bertz CT molecular complexity index is 2190. The lowest BCUT2D eigenvalue weighted by atomic mass is 9.77. The molecule has 0 spiro atoms. The monoisotopic (exact) mass is 1010 g/mol. The topological polar surface area (TPSA) is 211 Å². The zero-order valence-electron chi connectivity index (χ0n) is 44.7. The van der Waals surface area contributed by atoms with E-state index in [9.17, 15) is 34.7 Å². The summed E-state index contributed by atoms with van der Waals surface area (Å²) in [6.07, 6.45) is -3.26. The van der Waals surface area contributed by atoms with Gasteiger partial charge < -0.3 is 63.8 Å². The van der Waals surface area contributed by atoms with Crippen molar-refractivity contribution in [2.45, 2.75) is 198 Å². The number of rotatable bonds is 13. The van der Waals surface area contributed by atoms with Crippen LogP contribution in [0.5, 0.6) is 0 Å². The molecule has 0 bridgehead atoms. The molecule has 1 unspecified atom stereocenters. The average molecular weight is 1010 g/mol. The molecule has 0 saturated carbocycles. The van der Waals surface area contributed by atoms with Crippen LogP contribution in [0, 0.1) is 23.6 Å². The number of aromatic nitrogens is 3. The Kier molecular flexibility index (Phi) is 19.3. The van der Waals surface area contributed by atoms with Gasteiger partial charge in [-0.25, -0.2) is 4.39 Å². The number of hydrogen-bond donors (Lipinski definition) is 5. The highest BCUT2D eigenvalue weighted by atomic mass is 19.1. The minimum Gasteiger partial charge on any atom is -0.459 e. The molecule has 3 saturated heterocycles. The Balaban J connectivity index is 1.30. The smallest absolute Gasteiger partial charge is 0.311 e. The summed E-state index contributed by atoms with van der Waals surface area (Å²) in [7, 11) is 5.29. The van der Waals surface area contributed by atoms with Gasteiger partial charge in [-0.1, -0.05) is 32.9 Å². The molecular formula is C54H84FN5O12. The normalized spacial score (nSPS) is 39.1. The first kappa shape index (κ1) is 57.8. The van der Waals surface area contributed by atoms with Crippen LogP contribution < -0.4 is 0 Å². The number of aliphatic hydroxyl groups is 5. The van der Waals surface area contributed by atoms with Gasteiger partial charge in [0.15, 0.2) is 12.6 Å². The maximum Gasteiger partial charge on any atom is 0.311 e. The molecule has 0 radical (unpaired) electrons. The van der Waals surface area contributed by atoms with Crippen LogP contribution in [-0.2, 0) is 39.8 Å². The van der Waals surface area contributed by atoms with Crippen LogP contribution in [-0.4, -0.2) is 181 Å². The fourth-order valence-electron chi connectivity index (χ4n) is 11.5. The summed E-state index contributed by atoms with van der Waals surface area (Å²) >= 11 is 0. The van der Waals surface area contributed by atoms with E-state index in [1.807, 2.05) is 56.6 Å². The molecule has 3 aliphatic rings. The fraction of sp³-hybridized carbons (Fsp3) is 0.722. The van der Waals surface area contributed by atoms with Gasteiger partial charge in [-0.15, -0.1) is 0 Å². The van der Waals surface area contributed by atoms with Gasteiger partial charge >= 0.3 is 5.97 Å². The molecule has 3 aromatic rings. The zero-order valence-corrected chi connectivity index (χ0v) is 44.7. The molecule has 6 rings (SSSR count). The fourth-order valence-corrected chi connectivity index (χ4v) is 11.5. The molecule has 404 valence electrons. The van der Waals surface area contributed by atoms with Crippen LogP contribution in [0.2, 0.25) is 0 Å². The number of aliphatic hydroxyl groups excluding tert-OH is 3. The van der Waals surface area contributed by atoms with Gasteiger partial charge in [0.2, 0.25) is 0 Å². The summed E-state index contributed by atoms with van der Waals surface area (Å²) < 4.78 is 54.3. The molecule has 18 heteroatoms. The second-order valence-corrected chi connectivity index (χ2v) is 21.9. The second-order valence-electron chi connectivity index (χ2n) is 21.9. The number of nitrogens with zero attached hydrogens (tertiary/aromatic N) is 5. The Morgan fingerprint density at radius 2 is 1.58 bits per heavy atom. The Morgan fingerprint density at radius 3 is 2.22 bits per heavy atom. The first-order valence-electron chi connectivity index (χ1n) is 25.8. The summed E-state index contributed by atoms with van der Waals surface area (Å²) in [4.78, 5) is 22.7. The van der Waals surface area contributed by atoms with E-state index >= 15 is 0 Å². The highest BCUT2D eigenvalue weighted by Gasteiger charge is 2.53. The molecule has 0 aliphatic carbocycles. The summed E-state index contributed by atoms with van der Waals surface area (Å²) in [5.41, 5.74) is -1.06. The summed E-state index contributed by atoms with van der Waals surface area (Å²) in [6, 6.07) is 9.18. The van der Waals surface area contributed by atoms with Crippen molar-refractivity contribution in [2.75, 3.05) is 34.3 Å². The molecule has 0 amide bonds. The van der Waals surface area contributed by atoms with Crippen molar-refractivity contribution in [1.29, 1.82) is 0 Å². The lowest BCUT2D eigenvalue weighted by Crippen LogP contribution is -2.61. The lowest BCUT2D eigenvalue weighted by molar-refractivity contribution is -0.318. The predicted octanol–water partition coefficient (Wildman–Crippen LogP) is 5.43. The largest absolute Gasteiger partial charge is 0.459 e. The van der Waals surface area contributed by atoms with Crippen LogP contribution in [0.25, 0.3) is 22.4 Å². The van der Waals surface area contributed by atoms with Gasteiger partial charge in [-0.3, -0.25) is 14.5 Å². The maximum atomic E-state index is 14.5. The van der Waals surface area contributed by atoms with Crippen molar-refractivity contribution in [3.05, 3.63) is 60.8 Å². The molecule has 3 fully saturated rings. The molecule has 5 N–H and O–H groups in total. The highest BCUT2D eigenvalue weighted by molar-refractivity contribution is 5.80. The van der Waals surface area contributed by atoms with Crippen LogP contribution in [0.4, 0.5) is 4.39 Å². The number of halogens is 1. The number of methoxy groups -OCH3 is 1. The van der Waals surface area contributed by atoms with E-state index in [-0.39, 0.29) is 37.1 Å². The van der Waals surface area contributed by atoms with Gasteiger partial charge in [0.05, 0.1) is 53.4 Å². The maximum absolute atomic E-state index is 14.5. The minimum atomic E-state index is -1.84. The third kappa shape index (κ3) is 12.9. The summed E-state index contributed by atoms with van der Waals surface area (Å²) in [5, 5.41) is 64.7. The van der Waals surface area contributed by atoms with E-state index in [1.165, 1.54) is 26.2 Å². The first-order chi connectivity index (χ1) is 33.8. The number of ether oxygens (including phenoxy) is 6. The molecule has 18 atom stereocenters. The van der Waals surface area contributed by atoms with Gasteiger partial charge in [0, 0.05) is 68.1 Å². The average Bonchev–Trinajstić information content (AvgIpc) is 3.76. The van der Waals surface area contributed by atoms with E-state index in [2.05, 4.69) is 9.88 Å². The second kappa shape index (κ2) is 24.0. The van der Waals surface area contributed by atoms with Gasteiger partial charge in [-0.2, -0.15) is 5.10 Å². The van der Waals surface area contributed by atoms with Gasteiger partial charge in [-0.05, 0) is 131 Å². The third-order valence-electron chi connectivity index (χ3n) is 15.9.